The number of pyridine rings is 1. The van der Waals surface area contributed by atoms with Gasteiger partial charge in [-0.05, 0) is 23.6 Å². The molecule has 0 unspecified atom stereocenters. The van der Waals surface area contributed by atoms with E-state index in [9.17, 15) is 4.79 Å². The second kappa shape index (κ2) is 2.51. The van der Waals surface area contributed by atoms with Crippen LogP contribution in [-0.2, 0) is 0 Å². The van der Waals surface area contributed by atoms with Crippen LogP contribution in [0.1, 0.15) is 16.1 Å². The van der Waals surface area contributed by atoms with Crippen molar-refractivity contribution in [3.05, 3.63) is 47.8 Å². The molecule has 2 nitrogen and oxygen atoms in total. The molecule has 0 N–H and O–H groups in total. The predicted molar refractivity (Wildman–Crippen MR) is 55.1 cm³/mol. The standard InChI is InChI=1S/C12H7NO/c14-11-5-4-10-12-8(6-7-13-10)2-1-3-9(11)12/h1-7H. The number of aromatic nitrogens is 1. The van der Waals surface area contributed by atoms with Gasteiger partial charge in [0.2, 0.25) is 0 Å². The Kier molecular flexibility index (Phi) is 1.34. The van der Waals surface area contributed by atoms with Crippen LogP contribution in [0.15, 0.2) is 36.5 Å². The van der Waals surface area contributed by atoms with Gasteiger partial charge in [-0.25, -0.2) is 0 Å². The summed E-state index contributed by atoms with van der Waals surface area (Å²) in [6.07, 6.45) is 5.11. The van der Waals surface area contributed by atoms with Crippen LogP contribution in [0.5, 0.6) is 0 Å². The maximum atomic E-state index is 11.6. The Morgan fingerprint density at radius 2 is 2.00 bits per heavy atom. The summed E-state index contributed by atoms with van der Waals surface area (Å²) in [4.78, 5) is 15.8. The fraction of sp³-hybridized carbons (Fsp3) is 0. The lowest BCUT2D eigenvalue weighted by molar-refractivity contribution is 0.104. The molecule has 0 saturated heterocycles. The van der Waals surface area contributed by atoms with E-state index in [0.29, 0.717) is 0 Å². The summed E-state index contributed by atoms with van der Waals surface area (Å²) in [6, 6.07) is 7.67. The van der Waals surface area contributed by atoms with Crippen LogP contribution in [0.2, 0.25) is 0 Å². The molecule has 2 aromatic rings. The van der Waals surface area contributed by atoms with E-state index in [2.05, 4.69) is 4.98 Å². The molecule has 0 saturated carbocycles. The number of ketones is 1. The fourth-order valence-corrected chi connectivity index (χ4v) is 1.83. The third kappa shape index (κ3) is 0.852. The van der Waals surface area contributed by atoms with Gasteiger partial charge >= 0.3 is 0 Å². The van der Waals surface area contributed by atoms with Crippen LogP contribution in [-0.4, -0.2) is 10.8 Å². The molecule has 3 rings (SSSR count). The summed E-state index contributed by atoms with van der Waals surface area (Å²) in [7, 11) is 0. The van der Waals surface area contributed by atoms with Gasteiger partial charge < -0.3 is 0 Å². The summed E-state index contributed by atoms with van der Waals surface area (Å²) in [5, 5.41) is 2.05. The number of allylic oxidation sites excluding steroid dienone is 1. The van der Waals surface area contributed by atoms with Crippen molar-refractivity contribution in [2.45, 2.75) is 0 Å². The second-order valence-electron chi connectivity index (χ2n) is 3.30. The normalized spacial score (nSPS) is 13.6. The van der Waals surface area contributed by atoms with Crippen molar-refractivity contribution in [3.8, 4) is 0 Å². The van der Waals surface area contributed by atoms with E-state index in [1.165, 1.54) is 0 Å². The number of carbonyl (C=O) groups is 1. The molecule has 66 valence electrons. The molecule has 1 heterocycles. The van der Waals surface area contributed by atoms with Crippen molar-refractivity contribution in [1.29, 1.82) is 0 Å². The van der Waals surface area contributed by atoms with E-state index in [1.807, 2.05) is 24.3 Å². The second-order valence-corrected chi connectivity index (χ2v) is 3.30. The van der Waals surface area contributed by atoms with E-state index in [4.69, 9.17) is 0 Å². The monoisotopic (exact) mass is 181 g/mol. The fourth-order valence-electron chi connectivity index (χ4n) is 1.83. The summed E-state index contributed by atoms with van der Waals surface area (Å²) in [6.45, 7) is 0. The molecule has 0 fully saturated rings. The van der Waals surface area contributed by atoms with Crippen molar-refractivity contribution < 1.29 is 4.79 Å². The average Bonchev–Trinajstić information content (AvgIpc) is 2.24. The van der Waals surface area contributed by atoms with E-state index < -0.39 is 0 Å². The van der Waals surface area contributed by atoms with Crippen molar-refractivity contribution >= 4 is 22.6 Å². The Morgan fingerprint density at radius 1 is 1.07 bits per heavy atom. The minimum Gasteiger partial charge on any atom is -0.289 e. The van der Waals surface area contributed by atoms with Gasteiger partial charge in [0.15, 0.2) is 5.78 Å². The Hall–Kier alpha value is -1.96. The Labute approximate surface area is 80.9 Å². The number of benzene rings is 1. The summed E-state index contributed by atoms with van der Waals surface area (Å²) < 4.78 is 0. The Morgan fingerprint density at radius 3 is 2.93 bits per heavy atom. The first-order valence-electron chi connectivity index (χ1n) is 4.46. The third-order valence-corrected chi connectivity index (χ3v) is 2.48. The van der Waals surface area contributed by atoms with Crippen LogP contribution < -0.4 is 0 Å². The molecule has 0 spiro atoms. The molecular formula is C12H7NO. The summed E-state index contributed by atoms with van der Waals surface area (Å²) >= 11 is 0. The molecule has 0 atom stereocenters. The zero-order valence-corrected chi connectivity index (χ0v) is 7.40. The molecule has 1 aliphatic carbocycles. The molecular weight excluding hydrogens is 174 g/mol. The maximum Gasteiger partial charge on any atom is 0.186 e. The first-order valence-corrected chi connectivity index (χ1v) is 4.46. The van der Waals surface area contributed by atoms with Crippen LogP contribution in [0.4, 0.5) is 0 Å². The highest BCUT2D eigenvalue weighted by molar-refractivity contribution is 6.19. The lowest BCUT2D eigenvalue weighted by atomic mass is 9.96. The number of carbonyl (C=O) groups excluding carboxylic acids is 1. The quantitative estimate of drug-likeness (QED) is 0.624. The van der Waals surface area contributed by atoms with Gasteiger partial charge in [-0.1, -0.05) is 18.2 Å². The first kappa shape index (κ1) is 7.44. The highest BCUT2D eigenvalue weighted by atomic mass is 16.1. The van der Waals surface area contributed by atoms with Crippen LogP contribution in [0.25, 0.3) is 16.8 Å². The SMILES string of the molecule is O=C1C=Cc2nccc3cccc1c23. The predicted octanol–water partition coefficient (Wildman–Crippen LogP) is 2.44. The zero-order valence-electron chi connectivity index (χ0n) is 7.40. The Bertz CT molecular complexity index is 564. The Balaban J connectivity index is 2.58. The summed E-state index contributed by atoms with van der Waals surface area (Å²) in [5.74, 6) is 0.0658. The van der Waals surface area contributed by atoms with Crippen LogP contribution >= 0.6 is 0 Å². The van der Waals surface area contributed by atoms with E-state index in [-0.39, 0.29) is 5.78 Å². The first-order chi connectivity index (χ1) is 6.86. The molecule has 0 radical (unpaired) electrons. The average molecular weight is 181 g/mol. The summed E-state index contributed by atoms with van der Waals surface area (Å²) in [5.41, 5.74) is 1.64. The number of rotatable bonds is 0. The van der Waals surface area contributed by atoms with Gasteiger partial charge in [0.1, 0.15) is 0 Å². The molecule has 2 heteroatoms. The van der Waals surface area contributed by atoms with E-state index in [0.717, 1.165) is 22.0 Å². The molecule has 1 aromatic heterocycles. The minimum atomic E-state index is 0.0658. The highest BCUT2D eigenvalue weighted by Gasteiger charge is 2.14. The van der Waals surface area contributed by atoms with Crippen molar-refractivity contribution in [3.63, 3.8) is 0 Å². The molecule has 14 heavy (non-hydrogen) atoms. The third-order valence-electron chi connectivity index (χ3n) is 2.48. The molecule has 1 aromatic carbocycles. The topological polar surface area (TPSA) is 30.0 Å². The number of hydrogen-bond donors (Lipinski definition) is 0. The van der Waals surface area contributed by atoms with Gasteiger partial charge in [0.05, 0.1) is 5.69 Å². The molecule has 0 amide bonds. The van der Waals surface area contributed by atoms with Crippen molar-refractivity contribution in [1.82, 2.24) is 4.98 Å². The van der Waals surface area contributed by atoms with Crippen LogP contribution in [0.3, 0.4) is 0 Å². The highest BCUT2D eigenvalue weighted by Crippen LogP contribution is 2.26. The minimum absolute atomic E-state index is 0.0658. The molecule has 0 bridgehead atoms. The van der Waals surface area contributed by atoms with E-state index in [1.54, 1.807) is 18.3 Å². The van der Waals surface area contributed by atoms with Crippen LogP contribution in [0, 0.1) is 0 Å². The van der Waals surface area contributed by atoms with E-state index >= 15 is 0 Å². The smallest absolute Gasteiger partial charge is 0.186 e. The van der Waals surface area contributed by atoms with Crippen molar-refractivity contribution in [2.24, 2.45) is 0 Å². The number of hydrogen-bond acceptors (Lipinski definition) is 2. The van der Waals surface area contributed by atoms with Gasteiger partial charge in [0, 0.05) is 17.1 Å². The number of nitrogens with zero attached hydrogens (tertiary/aromatic N) is 1. The maximum absolute atomic E-state index is 11.6. The zero-order chi connectivity index (χ0) is 9.54. The van der Waals surface area contributed by atoms with Crippen molar-refractivity contribution in [2.75, 3.05) is 0 Å². The molecule has 0 aliphatic heterocycles. The van der Waals surface area contributed by atoms with Gasteiger partial charge in [-0.15, -0.1) is 0 Å². The van der Waals surface area contributed by atoms with Gasteiger partial charge in [-0.2, -0.15) is 0 Å². The largest absolute Gasteiger partial charge is 0.289 e. The lowest BCUT2D eigenvalue weighted by Crippen LogP contribution is -2.02. The lowest BCUT2D eigenvalue weighted by Gasteiger charge is -2.09. The van der Waals surface area contributed by atoms with Gasteiger partial charge in [-0.3, -0.25) is 9.78 Å². The molecule has 1 aliphatic rings. The van der Waals surface area contributed by atoms with Gasteiger partial charge in [0.25, 0.3) is 0 Å².